The van der Waals surface area contributed by atoms with E-state index in [1.807, 2.05) is 42.5 Å². The maximum Gasteiger partial charge on any atom is 0.227 e. The summed E-state index contributed by atoms with van der Waals surface area (Å²) in [5.41, 5.74) is 6.56. The number of unbranched alkanes of at least 4 members (excludes halogenated alkanes) is 1. The van der Waals surface area contributed by atoms with Crippen molar-refractivity contribution in [2.45, 2.75) is 70.4 Å². The lowest BCUT2D eigenvalue weighted by Gasteiger charge is -2.26. The van der Waals surface area contributed by atoms with Crippen molar-refractivity contribution in [1.29, 1.82) is 0 Å². The molecule has 0 aromatic heterocycles. The quantitative estimate of drug-likeness (QED) is 0.322. The van der Waals surface area contributed by atoms with Crippen LogP contribution in [0.4, 0.5) is 0 Å². The number of nitrogens with one attached hydrogen (secondary N) is 1. The van der Waals surface area contributed by atoms with Crippen LogP contribution in [0.1, 0.15) is 57.4 Å². The van der Waals surface area contributed by atoms with Gasteiger partial charge in [-0.05, 0) is 55.5 Å². The van der Waals surface area contributed by atoms with E-state index in [9.17, 15) is 19.2 Å². The second-order valence-corrected chi connectivity index (χ2v) is 9.79. The van der Waals surface area contributed by atoms with E-state index in [-0.39, 0.29) is 42.6 Å². The van der Waals surface area contributed by atoms with Gasteiger partial charge in [0.2, 0.25) is 11.8 Å². The molecular weight excluding hydrogens is 466 g/mol. The van der Waals surface area contributed by atoms with E-state index in [0.717, 1.165) is 29.2 Å². The molecule has 2 aromatic rings. The summed E-state index contributed by atoms with van der Waals surface area (Å²) in [6.07, 6.45) is 8.92. The largest absolute Gasteiger partial charge is 0.345 e. The predicted octanol–water partition coefficient (Wildman–Crippen LogP) is 3.17. The van der Waals surface area contributed by atoms with E-state index < -0.39 is 18.0 Å². The van der Waals surface area contributed by atoms with Gasteiger partial charge in [-0.2, -0.15) is 0 Å². The Morgan fingerprint density at radius 2 is 1.89 bits per heavy atom. The molecule has 1 heterocycles. The van der Waals surface area contributed by atoms with Crippen LogP contribution in [0.5, 0.6) is 0 Å². The third-order valence-electron chi connectivity index (χ3n) is 7.12. The number of hydrogen-bond donors (Lipinski definition) is 2. The number of fused-ring (bicyclic) bond motifs is 1. The normalized spacial score (nSPS) is 16.7. The molecule has 37 heavy (non-hydrogen) atoms. The Labute approximate surface area is 219 Å². The Balaban J connectivity index is 1.70. The molecule has 3 rings (SSSR count). The third kappa shape index (κ3) is 7.50. The molecule has 3 atom stereocenters. The molecule has 1 aliphatic heterocycles. The molecule has 1 fully saturated rings. The number of nitrogens with zero attached hydrogens (tertiary/aromatic N) is 1. The summed E-state index contributed by atoms with van der Waals surface area (Å²) in [4.78, 5) is 53.4. The van der Waals surface area contributed by atoms with Crippen molar-refractivity contribution in [3.05, 3.63) is 48.0 Å². The standard InChI is InChI=1S/C30H37N3O4/c1-3-10-26(21(2)34)32-30(37)24(12-6-7-17-31)19-28(35)27-16-9-18-33(27)29(36)20-23-14-8-13-22-11-4-5-15-25(22)23/h1,4-5,8,11,13-15,24,26-27H,6-7,9-10,12,16-20,31H2,2H3,(H,32,37)/t24-,26+,27+/m1/s1. The minimum Gasteiger partial charge on any atom is -0.345 e. The van der Waals surface area contributed by atoms with E-state index in [0.29, 0.717) is 32.4 Å². The molecule has 2 amide bonds. The summed E-state index contributed by atoms with van der Waals surface area (Å²) in [6, 6.07) is 12.5. The fourth-order valence-electron chi connectivity index (χ4n) is 5.05. The van der Waals surface area contributed by atoms with Crippen molar-refractivity contribution in [3.63, 3.8) is 0 Å². The Morgan fingerprint density at radius 3 is 2.62 bits per heavy atom. The molecule has 0 saturated carbocycles. The fourth-order valence-corrected chi connectivity index (χ4v) is 5.05. The highest BCUT2D eigenvalue weighted by molar-refractivity contribution is 5.96. The van der Waals surface area contributed by atoms with Crippen molar-refractivity contribution >= 4 is 34.2 Å². The third-order valence-corrected chi connectivity index (χ3v) is 7.12. The first kappa shape index (κ1) is 28.1. The number of hydrogen-bond acceptors (Lipinski definition) is 5. The molecule has 2 aromatic carbocycles. The average Bonchev–Trinajstić information content (AvgIpc) is 3.38. The second kappa shape index (κ2) is 13.7. The number of ketones is 2. The highest BCUT2D eigenvalue weighted by Crippen LogP contribution is 2.26. The lowest BCUT2D eigenvalue weighted by Crippen LogP contribution is -2.45. The number of amides is 2. The maximum absolute atomic E-state index is 13.4. The zero-order chi connectivity index (χ0) is 26.8. The minimum atomic E-state index is -0.769. The summed E-state index contributed by atoms with van der Waals surface area (Å²) in [7, 11) is 0. The zero-order valence-corrected chi connectivity index (χ0v) is 21.6. The van der Waals surface area contributed by atoms with Gasteiger partial charge in [0, 0.05) is 25.3 Å². The van der Waals surface area contributed by atoms with Crippen LogP contribution in [0.15, 0.2) is 42.5 Å². The van der Waals surface area contributed by atoms with E-state index in [1.165, 1.54) is 6.92 Å². The van der Waals surface area contributed by atoms with Gasteiger partial charge in [-0.1, -0.05) is 48.9 Å². The molecule has 1 saturated heterocycles. The highest BCUT2D eigenvalue weighted by Gasteiger charge is 2.36. The van der Waals surface area contributed by atoms with Crippen LogP contribution in [-0.4, -0.2) is 53.5 Å². The van der Waals surface area contributed by atoms with Crippen LogP contribution in [0, 0.1) is 18.3 Å². The lowest BCUT2D eigenvalue weighted by atomic mass is 9.91. The van der Waals surface area contributed by atoms with Crippen molar-refractivity contribution in [1.82, 2.24) is 10.2 Å². The summed E-state index contributed by atoms with van der Waals surface area (Å²) < 4.78 is 0. The first-order valence-corrected chi connectivity index (χ1v) is 13.1. The van der Waals surface area contributed by atoms with Gasteiger partial charge in [0.1, 0.15) is 0 Å². The minimum absolute atomic E-state index is 0.0137. The maximum atomic E-state index is 13.4. The van der Waals surface area contributed by atoms with E-state index in [1.54, 1.807) is 4.90 Å². The summed E-state index contributed by atoms with van der Waals surface area (Å²) in [5.74, 6) is 1.04. The van der Waals surface area contributed by atoms with Gasteiger partial charge in [0.05, 0.1) is 18.5 Å². The molecule has 7 heteroatoms. The van der Waals surface area contributed by atoms with E-state index >= 15 is 0 Å². The number of likely N-dealkylation sites (tertiary alicyclic amines) is 1. The van der Waals surface area contributed by atoms with Crippen LogP contribution < -0.4 is 11.1 Å². The van der Waals surface area contributed by atoms with Crippen LogP contribution in [-0.2, 0) is 25.6 Å². The Hall–Kier alpha value is -3.50. The number of carbonyl (C=O) groups is 4. The summed E-state index contributed by atoms with van der Waals surface area (Å²) in [5, 5.41) is 4.83. The van der Waals surface area contributed by atoms with Gasteiger partial charge >= 0.3 is 0 Å². The van der Waals surface area contributed by atoms with Gasteiger partial charge in [-0.25, -0.2) is 0 Å². The lowest BCUT2D eigenvalue weighted by molar-refractivity contribution is -0.138. The van der Waals surface area contributed by atoms with Gasteiger partial charge in [-0.15, -0.1) is 12.3 Å². The van der Waals surface area contributed by atoms with Crippen molar-refractivity contribution in [2.24, 2.45) is 11.7 Å². The van der Waals surface area contributed by atoms with E-state index in [2.05, 4.69) is 11.2 Å². The molecule has 0 aliphatic carbocycles. The van der Waals surface area contributed by atoms with Crippen LogP contribution in [0.25, 0.3) is 10.8 Å². The number of rotatable bonds is 13. The zero-order valence-electron chi connectivity index (χ0n) is 21.6. The Kier molecular flexibility index (Phi) is 10.4. The molecule has 1 aliphatic rings. The monoisotopic (exact) mass is 503 g/mol. The molecule has 7 nitrogen and oxygen atoms in total. The number of terminal acetylenes is 1. The SMILES string of the molecule is C#CC[C@H](NC(=O)[C@H](CCCCN)CC(=O)[C@@H]1CCCN1C(=O)Cc1cccc2ccccc12)C(C)=O. The predicted molar refractivity (Wildman–Crippen MR) is 144 cm³/mol. The summed E-state index contributed by atoms with van der Waals surface area (Å²) >= 11 is 0. The van der Waals surface area contributed by atoms with Crippen LogP contribution in [0.2, 0.25) is 0 Å². The Bertz CT molecular complexity index is 1160. The molecular formula is C30H37N3O4. The highest BCUT2D eigenvalue weighted by atomic mass is 16.2. The van der Waals surface area contributed by atoms with Gasteiger partial charge < -0.3 is 16.0 Å². The Morgan fingerprint density at radius 1 is 1.14 bits per heavy atom. The smallest absolute Gasteiger partial charge is 0.227 e. The number of nitrogens with two attached hydrogens (primary N) is 1. The fraction of sp³-hybridized carbons (Fsp3) is 0.467. The number of Topliss-reactive ketones (excluding diaryl/α,β-unsaturated/α-hetero) is 2. The number of benzene rings is 2. The molecule has 0 spiro atoms. The molecule has 0 radical (unpaired) electrons. The average molecular weight is 504 g/mol. The van der Waals surface area contributed by atoms with Gasteiger partial charge in [0.25, 0.3) is 0 Å². The van der Waals surface area contributed by atoms with Gasteiger partial charge in [0.15, 0.2) is 11.6 Å². The second-order valence-electron chi connectivity index (χ2n) is 9.79. The van der Waals surface area contributed by atoms with Crippen LogP contribution >= 0.6 is 0 Å². The summed E-state index contributed by atoms with van der Waals surface area (Å²) in [6.45, 7) is 2.40. The first-order valence-electron chi connectivity index (χ1n) is 13.1. The molecule has 3 N–H and O–H groups in total. The topological polar surface area (TPSA) is 110 Å². The van der Waals surface area contributed by atoms with Crippen molar-refractivity contribution in [3.8, 4) is 12.3 Å². The van der Waals surface area contributed by atoms with Gasteiger partial charge in [-0.3, -0.25) is 19.2 Å². The van der Waals surface area contributed by atoms with E-state index in [4.69, 9.17) is 12.2 Å². The first-order chi connectivity index (χ1) is 17.8. The number of carbonyl (C=O) groups excluding carboxylic acids is 4. The van der Waals surface area contributed by atoms with Crippen molar-refractivity contribution in [2.75, 3.05) is 13.1 Å². The van der Waals surface area contributed by atoms with Crippen LogP contribution in [0.3, 0.4) is 0 Å². The molecule has 0 unspecified atom stereocenters. The molecule has 0 bridgehead atoms. The van der Waals surface area contributed by atoms with Crippen molar-refractivity contribution < 1.29 is 19.2 Å². The molecule has 196 valence electrons.